The summed E-state index contributed by atoms with van der Waals surface area (Å²) in [6.07, 6.45) is 1.50. The largest absolute Gasteiger partial charge is 0.478 e. The van der Waals surface area contributed by atoms with E-state index in [2.05, 4.69) is 4.98 Å². The predicted molar refractivity (Wildman–Crippen MR) is 78.5 cm³/mol. The molecule has 0 amide bonds. The molecule has 0 unspecified atom stereocenters. The molecule has 0 fully saturated rings. The molecule has 0 atom stereocenters. The van der Waals surface area contributed by atoms with E-state index in [4.69, 9.17) is 5.11 Å². The van der Waals surface area contributed by atoms with Crippen LogP contribution >= 0.6 is 22.6 Å². The number of nitrogens with zero attached hydrogens (tertiary/aromatic N) is 2. The van der Waals surface area contributed by atoms with Crippen LogP contribution in [0.15, 0.2) is 35.4 Å². The molecule has 0 radical (unpaired) electrons. The molecule has 19 heavy (non-hydrogen) atoms. The molecule has 1 aromatic heterocycles. The van der Waals surface area contributed by atoms with Crippen LogP contribution in [0.2, 0.25) is 0 Å². The standard InChI is InChI=1S/C13H11IN2O3/c1-8-11(14)12(17)16(7-15-8)6-9-2-4-10(5-3-9)13(18)19/h2-5,7H,6H2,1H3,(H,18,19). The van der Waals surface area contributed by atoms with Crippen LogP contribution < -0.4 is 5.56 Å². The lowest BCUT2D eigenvalue weighted by atomic mass is 10.1. The molecule has 0 saturated heterocycles. The summed E-state index contributed by atoms with van der Waals surface area (Å²) in [6.45, 7) is 2.16. The molecule has 1 N–H and O–H groups in total. The highest BCUT2D eigenvalue weighted by atomic mass is 127. The van der Waals surface area contributed by atoms with Gasteiger partial charge in [0.15, 0.2) is 0 Å². The fraction of sp³-hybridized carbons (Fsp3) is 0.154. The molecule has 1 aromatic carbocycles. The number of hydrogen-bond acceptors (Lipinski definition) is 3. The third-order valence-corrected chi connectivity index (χ3v) is 3.95. The van der Waals surface area contributed by atoms with Gasteiger partial charge in [-0.25, -0.2) is 9.78 Å². The van der Waals surface area contributed by atoms with Crippen molar-refractivity contribution in [2.45, 2.75) is 13.5 Å². The monoisotopic (exact) mass is 370 g/mol. The van der Waals surface area contributed by atoms with Gasteiger partial charge >= 0.3 is 5.97 Å². The van der Waals surface area contributed by atoms with Gasteiger partial charge in [0.2, 0.25) is 0 Å². The van der Waals surface area contributed by atoms with E-state index in [9.17, 15) is 9.59 Å². The Kier molecular flexibility index (Phi) is 3.98. The summed E-state index contributed by atoms with van der Waals surface area (Å²) in [6, 6.07) is 6.44. The van der Waals surface area contributed by atoms with Crippen LogP contribution in [0, 0.1) is 10.5 Å². The molecule has 1 heterocycles. The zero-order chi connectivity index (χ0) is 14.0. The lowest BCUT2D eigenvalue weighted by Crippen LogP contribution is -2.24. The molecule has 0 spiro atoms. The van der Waals surface area contributed by atoms with Crippen molar-refractivity contribution >= 4 is 28.6 Å². The predicted octanol–water partition coefficient (Wildman–Crippen LogP) is 1.90. The van der Waals surface area contributed by atoms with Crippen molar-refractivity contribution < 1.29 is 9.90 Å². The molecule has 6 heteroatoms. The molecular weight excluding hydrogens is 359 g/mol. The minimum Gasteiger partial charge on any atom is -0.478 e. The second kappa shape index (κ2) is 5.52. The van der Waals surface area contributed by atoms with Gasteiger partial charge in [0, 0.05) is 0 Å². The number of hydrogen-bond donors (Lipinski definition) is 1. The Morgan fingerprint density at radius 1 is 1.37 bits per heavy atom. The molecule has 0 aliphatic rings. The van der Waals surface area contributed by atoms with E-state index >= 15 is 0 Å². The van der Waals surface area contributed by atoms with Crippen molar-refractivity contribution in [2.24, 2.45) is 0 Å². The van der Waals surface area contributed by atoms with E-state index in [-0.39, 0.29) is 11.1 Å². The van der Waals surface area contributed by atoms with Crippen molar-refractivity contribution in [3.8, 4) is 0 Å². The van der Waals surface area contributed by atoms with Crippen LogP contribution in [0.1, 0.15) is 21.6 Å². The highest BCUT2D eigenvalue weighted by Crippen LogP contribution is 2.07. The van der Waals surface area contributed by atoms with Crippen LogP contribution in [-0.2, 0) is 6.54 Å². The zero-order valence-corrected chi connectivity index (χ0v) is 12.3. The van der Waals surface area contributed by atoms with Crippen molar-refractivity contribution in [3.63, 3.8) is 0 Å². The molecule has 5 nitrogen and oxygen atoms in total. The van der Waals surface area contributed by atoms with Crippen molar-refractivity contribution in [2.75, 3.05) is 0 Å². The van der Waals surface area contributed by atoms with E-state index in [1.807, 2.05) is 22.6 Å². The molecule has 0 saturated carbocycles. The first-order valence-electron chi connectivity index (χ1n) is 5.53. The first kappa shape index (κ1) is 13.7. The van der Waals surface area contributed by atoms with Gasteiger partial charge in [-0.05, 0) is 47.2 Å². The maximum Gasteiger partial charge on any atom is 0.335 e. The summed E-state index contributed by atoms with van der Waals surface area (Å²) in [4.78, 5) is 26.9. The Hall–Kier alpha value is -1.70. The first-order valence-corrected chi connectivity index (χ1v) is 6.60. The van der Waals surface area contributed by atoms with E-state index in [1.165, 1.54) is 23.0 Å². The Bertz CT molecular complexity index is 677. The molecule has 2 rings (SSSR count). The number of aryl methyl sites for hydroxylation is 1. The fourth-order valence-electron chi connectivity index (χ4n) is 1.61. The second-order valence-corrected chi connectivity index (χ2v) is 5.16. The van der Waals surface area contributed by atoms with Gasteiger partial charge in [0.1, 0.15) is 0 Å². The number of rotatable bonds is 3. The number of halogens is 1. The van der Waals surface area contributed by atoms with Gasteiger partial charge in [-0.2, -0.15) is 0 Å². The average molecular weight is 370 g/mol. The maximum absolute atomic E-state index is 12.0. The van der Waals surface area contributed by atoms with Gasteiger partial charge in [-0.15, -0.1) is 0 Å². The molecule has 2 aromatic rings. The number of carboxylic acids is 1. The zero-order valence-electron chi connectivity index (χ0n) is 10.1. The summed E-state index contributed by atoms with van der Waals surface area (Å²) < 4.78 is 2.10. The average Bonchev–Trinajstić information content (AvgIpc) is 2.40. The van der Waals surface area contributed by atoms with Gasteiger partial charge in [-0.3, -0.25) is 9.36 Å². The summed E-state index contributed by atoms with van der Waals surface area (Å²) in [5.41, 5.74) is 1.71. The first-order chi connectivity index (χ1) is 8.99. The molecule has 0 aliphatic carbocycles. The van der Waals surface area contributed by atoms with Gasteiger partial charge in [0.05, 0.1) is 27.7 Å². The van der Waals surface area contributed by atoms with Crippen LogP contribution in [0.5, 0.6) is 0 Å². The highest BCUT2D eigenvalue weighted by Gasteiger charge is 2.06. The lowest BCUT2D eigenvalue weighted by Gasteiger charge is -2.07. The maximum atomic E-state index is 12.0. The van der Waals surface area contributed by atoms with Gasteiger partial charge in [0.25, 0.3) is 5.56 Å². The van der Waals surface area contributed by atoms with Crippen LogP contribution in [0.3, 0.4) is 0 Å². The number of benzene rings is 1. The molecule has 0 aliphatic heterocycles. The van der Waals surface area contributed by atoms with E-state index in [1.54, 1.807) is 19.1 Å². The SMILES string of the molecule is Cc1ncn(Cc2ccc(C(=O)O)cc2)c(=O)c1I. The fourth-order valence-corrected chi connectivity index (χ4v) is 2.06. The minimum absolute atomic E-state index is 0.0876. The molecule has 0 bridgehead atoms. The summed E-state index contributed by atoms with van der Waals surface area (Å²) in [7, 11) is 0. The number of aromatic carboxylic acids is 1. The summed E-state index contributed by atoms with van der Waals surface area (Å²) in [5, 5.41) is 8.81. The molecular formula is C13H11IN2O3. The van der Waals surface area contributed by atoms with E-state index < -0.39 is 5.97 Å². The minimum atomic E-state index is -0.963. The summed E-state index contributed by atoms with van der Waals surface area (Å²) in [5.74, 6) is -0.963. The van der Waals surface area contributed by atoms with Crippen molar-refractivity contribution in [1.29, 1.82) is 0 Å². The third-order valence-electron chi connectivity index (χ3n) is 2.71. The Balaban J connectivity index is 2.29. The van der Waals surface area contributed by atoms with Crippen LogP contribution in [0.25, 0.3) is 0 Å². The normalized spacial score (nSPS) is 10.4. The highest BCUT2D eigenvalue weighted by molar-refractivity contribution is 14.1. The molecule has 98 valence electrons. The third kappa shape index (κ3) is 3.01. The number of carbonyl (C=O) groups is 1. The van der Waals surface area contributed by atoms with Gasteiger partial charge < -0.3 is 5.11 Å². The Morgan fingerprint density at radius 3 is 2.58 bits per heavy atom. The summed E-state index contributed by atoms with van der Waals surface area (Å²) >= 11 is 1.98. The number of carboxylic acid groups (broad SMARTS) is 1. The van der Waals surface area contributed by atoms with Crippen LogP contribution in [-0.4, -0.2) is 20.6 Å². The quantitative estimate of drug-likeness (QED) is 0.838. The smallest absolute Gasteiger partial charge is 0.335 e. The van der Waals surface area contributed by atoms with Crippen molar-refractivity contribution in [3.05, 3.63) is 61.3 Å². The Labute approximate surface area is 123 Å². The lowest BCUT2D eigenvalue weighted by molar-refractivity contribution is 0.0697. The van der Waals surface area contributed by atoms with Crippen molar-refractivity contribution in [1.82, 2.24) is 9.55 Å². The van der Waals surface area contributed by atoms with Crippen LogP contribution in [0.4, 0.5) is 0 Å². The van der Waals surface area contributed by atoms with Gasteiger partial charge in [-0.1, -0.05) is 12.1 Å². The second-order valence-electron chi connectivity index (χ2n) is 4.08. The Morgan fingerprint density at radius 2 is 2.00 bits per heavy atom. The topological polar surface area (TPSA) is 72.2 Å². The number of aromatic nitrogens is 2. The van der Waals surface area contributed by atoms with E-state index in [0.717, 1.165) is 5.56 Å². The van der Waals surface area contributed by atoms with E-state index in [0.29, 0.717) is 15.8 Å².